The number of rotatable bonds is 3. The van der Waals surface area contributed by atoms with Gasteiger partial charge in [0.1, 0.15) is 0 Å². The highest BCUT2D eigenvalue weighted by molar-refractivity contribution is 5.95. The Kier molecular flexibility index (Phi) is 5.08. The number of hydrogen-bond donors (Lipinski definition) is 0. The van der Waals surface area contributed by atoms with Gasteiger partial charge in [0.2, 0.25) is 0 Å². The van der Waals surface area contributed by atoms with Crippen molar-refractivity contribution in [1.29, 1.82) is 0 Å². The van der Waals surface area contributed by atoms with Crippen molar-refractivity contribution in [2.24, 2.45) is 11.8 Å². The minimum absolute atomic E-state index is 0.219. The van der Waals surface area contributed by atoms with Crippen molar-refractivity contribution in [2.45, 2.75) is 78.3 Å². The van der Waals surface area contributed by atoms with Crippen LogP contribution in [0, 0.1) is 18.8 Å². The van der Waals surface area contributed by atoms with E-state index in [2.05, 4.69) is 23.8 Å². The molecule has 0 N–H and O–H groups in total. The number of aromatic nitrogens is 2. The van der Waals surface area contributed by atoms with Crippen LogP contribution >= 0.6 is 0 Å². The molecule has 2 heterocycles. The summed E-state index contributed by atoms with van der Waals surface area (Å²) in [5.74, 6) is 1.48. The van der Waals surface area contributed by atoms with Crippen LogP contribution in [0.25, 0.3) is 0 Å². The largest absolute Gasteiger partial charge is 0.335 e. The van der Waals surface area contributed by atoms with Crippen molar-refractivity contribution >= 4 is 5.91 Å². The van der Waals surface area contributed by atoms with E-state index in [1.54, 1.807) is 6.20 Å². The third-order valence-corrected chi connectivity index (χ3v) is 5.63. The molecule has 2 atom stereocenters. The molecule has 1 aliphatic carbocycles. The van der Waals surface area contributed by atoms with Crippen molar-refractivity contribution in [1.82, 2.24) is 14.7 Å². The lowest BCUT2D eigenvalue weighted by atomic mass is 9.81. The first-order valence-corrected chi connectivity index (χ1v) is 9.41. The Morgan fingerprint density at radius 1 is 1.22 bits per heavy atom. The van der Waals surface area contributed by atoms with Crippen LogP contribution in [0.15, 0.2) is 6.20 Å². The second kappa shape index (κ2) is 7.06. The lowest BCUT2D eigenvalue weighted by Crippen LogP contribution is -2.45. The third-order valence-electron chi connectivity index (χ3n) is 5.63. The normalized spacial score (nSPS) is 25.3. The predicted molar refractivity (Wildman–Crippen MR) is 92.4 cm³/mol. The van der Waals surface area contributed by atoms with Crippen LogP contribution < -0.4 is 0 Å². The Balaban J connectivity index is 1.82. The Bertz CT molecular complexity index is 549. The summed E-state index contributed by atoms with van der Waals surface area (Å²) in [5.41, 5.74) is 1.84. The molecule has 1 aliphatic heterocycles. The van der Waals surface area contributed by atoms with Gasteiger partial charge in [-0.2, -0.15) is 5.10 Å². The first-order valence-electron chi connectivity index (χ1n) is 9.41. The van der Waals surface area contributed by atoms with E-state index < -0.39 is 0 Å². The quantitative estimate of drug-likeness (QED) is 0.844. The van der Waals surface area contributed by atoms with E-state index in [4.69, 9.17) is 0 Å². The van der Waals surface area contributed by atoms with Gasteiger partial charge < -0.3 is 4.90 Å². The number of hydrogen-bond acceptors (Lipinski definition) is 2. The Morgan fingerprint density at radius 2 is 1.91 bits per heavy atom. The first kappa shape index (κ1) is 16.5. The summed E-state index contributed by atoms with van der Waals surface area (Å²) in [6, 6.07) is 0.464. The zero-order chi connectivity index (χ0) is 16.4. The summed E-state index contributed by atoms with van der Waals surface area (Å²) < 4.78 is 1.99. The van der Waals surface area contributed by atoms with E-state index in [1.807, 2.05) is 11.6 Å². The zero-order valence-electron chi connectivity index (χ0n) is 14.9. The molecule has 23 heavy (non-hydrogen) atoms. The monoisotopic (exact) mass is 317 g/mol. The van der Waals surface area contributed by atoms with Gasteiger partial charge in [-0.05, 0) is 44.4 Å². The van der Waals surface area contributed by atoms with Gasteiger partial charge in [-0.3, -0.25) is 9.48 Å². The van der Waals surface area contributed by atoms with E-state index in [0.29, 0.717) is 12.0 Å². The lowest BCUT2D eigenvalue weighted by Gasteiger charge is -2.38. The van der Waals surface area contributed by atoms with Gasteiger partial charge in [-0.15, -0.1) is 0 Å². The van der Waals surface area contributed by atoms with Gasteiger partial charge in [0.05, 0.1) is 11.8 Å². The molecule has 0 radical (unpaired) electrons. The summed E-state index contributed by atoms with van der Waals surface area (Å²) in [6.45, 7) is 8.22. The van der Waals surface area contributed by atoms with Crippen molar-refractivity contribution in [3.8, 4) is 0 Å². The Labute approximate surface area is 140 Å². The number of amides is 1. The summed E-state index contributed by atoms with van der Waals surface area (Å²) in [6.07, 6.45) is 10.6. The number of carbonyl (C=O) groups excluding carboxylic acids is 1. The molecular weight excluding hydrogens is 286 g/mol. The van der Waals surface area contributed by atoms with E-state index in [0.717, 1.165) is 36.7 Å². The molecular formula is C19H31N3O. The minimum atomic E-state index is 0.219. The molecule has 1 saturated heterocycles. The van der Waals surface area contributed by atoms with Gasteiger partial charge in [0.15, 0.2) is 0 Å². The second-order valence-electron chi connectivity index (χ2n) is 7.83. The molecule has 2 fully saturated rings. The Hall–Kier alpha value is -1.32. The number of carbonyl (C=O) groups is 1. The van der Waals surface area contributed by atoms with Crippen LogP contribution in [0.3, 0.4) is 0 Å². The molecule has 0 spiro atoms. The fraction of sp³-hybridized carbons (Fsp3) is 0.789. The summed E-state index contributed by atoms with van der Waals surface area (Å²) in [4.78, 5) is 15.4. The molecule has 0 bridgehead atoms. The van der Waals surface area contributed by atoms with E-state index in [9.17, 15) is 4.79 Å². The standard InChI is InChI=1S/C19H31N3O/c1-14(2)13-22-15(3)17(12-20-22)19(23)21-11-7-6-9-16-8-4-5-10-18(16)21/h12,14,16,18H,4-11,13H2,1-3H3/t16-,18+/m1/s1. The van der Waals surface area contributed by atoms with Crippen LogP contribution in [0.1, 0.15) is 74.8 Å². The molecule has 2 aliphatic rings. The second-order valence-corrected chi connectivity index (χ2v) is 7.83. The average Bonchev–Trinajstić information content (AvgIpc) is 2.76. The zero-order valence-corrected chi connectivity index (χ0v) is 14.9. The highest BCUT2D eigenvalue weighted by Gasteiger charge is 2.35. The van der Waals surface area contributed by atoms with Crippen LogP contribution in [0.5, 0.6) is 0 Å². The molecule has 1 saturated carbocycles. The number of likely N-dealkylation sites (tertiary alicyclic amines) is 1. The molecule has 128 valence electrons. The summed E-state index contributed by atoms with van der Waals surface area (Å²) in [7, 11) is 0. The highest BCUT2D eigenvalue weighted by atomic mass is 16.2. The SMILES string of the molecule is Cc1c(C(=O)N2CCCC[C@H]3CCCC[C@@H]32)cnn1CC(C)C. The number of fused-ring (bicyclic) bond motifs is 1. The lowest BCUT2D eigenvalue weighted by molar-refractivity contribution is 0.0568. The molecule has 0 unspecified atom stereocenters. The van der Waals surface area contributed by atoms with Crippen LogP contribution in [0.4, 0.5) is 0 Å². The molecule has 0 aromatic carbocycles. The van der Waals surface area contributed by atoms with Gasteiger partial charge in [-0.25, -0.2) is 0 Å². The molecule has 3 rings (SSSR count). The Morgan fingerprint density at radius 3 is 2.65 bits per heavy atom. The van der Waals surface area contributed by atoms with Gasteiger partial charge in [-0.1, -0.05) is 33.1 Å². The molecule has 1 aromatic rings. The van der Waals surface area contributed by atoms with Crippen molar-refractivity contribution in [3.05, 3.63) is 17.5 Å². The van der Waals surface area contributed by atoms with Crippen molar-refractivity contribution in [3.63, 3.8) is 0 Å². The fourth-order valence-corrected chi connectivity index (χ4v) is 4.38. The van der Waals surface area contributed by atoms with E-state index in [-0.39, 0.29) is 5.91 Å². The van der Waals surface area contributed by atoms with Crippen molar-refractivity contribution in [2.75, 3.05) is 6.54 Å². The van der Waals surface area contributed by atoms with Gasteiger partial charge in [0.25, 0.3) is 5.91 Å². The maximum Gasteiger partial charge on any atom is 0.257 e. The topological polar surface area (TPSA) is 38.1 Å². The van der Waals surface area contributed by atoms with E-state index >= 15 is 0 Å². The highest BCUT2D eigenvalue weighted by Crippen LogP contribution is 2.35. The molecule has 1 amide bonds. The minimum Gasteiger partial charge on any atom is -0.335 e. The van der Waals surface area contributed by atoms with Crippen molar-refractivity contribution < 1.29 is 4.79 Å². The summed E-state index contributed by atoms with van der Waals surface area (Å²) in [5, 5.41) is 4.47. The average molecular weight is 317 g/mol. The first-order chi connectivity index (χ1) is 11.1. The molecule has 4 nitrogen and oxygen atoms in total. The number of nitrogens with zero attached hydrogens (tertiary/aromatic N) is 3. The molecule has 1 aromatic heterocycles. The van der Waals surface area contributed by atoms with Crippen LogP contribution in [-0.2, 0) is 6.54 Å². The third kappa shape index (κ3) is 3.46. The smallest absolute Gasteiger partial charge is 0.257 e. The fourth-order valence-electron chi connectivity index (χ4n) is 4.38. The predicted octanol–water partition coefficient (Wildman–Crippen LogP) is 4.03. The van der Waals surface area contributed by atoms with E-state index in [1.165, 1.54) is 38.5 Å². The molecule has 4 heteroatoms. The van der Waals surface area contributed by atoms with Crippen LogP contribution in [-0.4, -0.2) is 33.2 Å². The van der Waals surface area contributed by atoms with Crippen LogP contribution in [0.2, 0.25) is 0 Å². The van der Waals surface area contributed by atoms with Gasteiger partial charge in [0, 0.05) is 24.8 Å². The maximum atomic E-state index is 13.2. The summed E-state index contributed by atoms with van der Waals surface area (Å²) >= 11 is 0. The van der Waals surface area contributed by atoms with Gasteiger partial charge >= 0.3 is 0 Å². The maximum absolute atomic E-state index is 13.2.